The second-order valence-electron chi connectivity index (χ2n) is 6.95. The highest BCUT2D eigenvalue weighted by Gasteiger charge is 2.19. The normalized spacial score (nSPS) is 12.3. The maximum Gasteiger partial charge on any atom is 0.320 e. The Hall–Kier alpha value is -4.22. The van der Waals surface area contributed by atoms with Crippen molar-refractivity contribution in [2.24, 2.45) is 7.05 Å². The van der Waals surface area contributed by atoms with Crippen molar-refractivity contribution in [3.63, 3.8) is 0 Å². The maximum absolute atomic E-state index is 12.6. The van der Waals surface area contributed by atoms with E-state index in [1.165, 1.54) is 13.2 Å². The van der Waals surface area contributed by atoms with Gasteiger partial charge in [-0.3, -0.25) is 14.8 Å². The molecule has 168 valence electrons. The summed E-state index contributed by atoms with van der Waals surface area (Å²) in [6.45, 7) is 0.832. The molecule has 3 aromatic rings. The van der Waals surface area contributed by atoms with Crippen molar-refractivity contribution in [3.8, 4) is 17.1 Å². The molecule has 1 aromatic carbocycles. The van der Waals surface area contributed by atoms with Crippen molar-refractivity contribution < 1.29 is 18.4 Å². The molecule has 0 radical (unpaired) electrons. The van der Waals surface area contributed by atoms with E-state index in [-0.39, 0.29) is 23.2 Å². The lowest BCUT2D eigenvalue weighted by Crippen LogP contribution is -2.34. The minimum absolute atomic E-state index is 0.0256. The molecule has 3 amide bonds. The first-order valence-corrected chi connectivity index (χ1v) is 9.54. The van der Waals surface area contributed by atoms with Crippen molar-refractivity contribution in [1.82, 2.24) is 35.6 Å². The number of nitrogens with one attached hydrogen (secondary N) is 4. The topological polar surface area (TPSA) is 148 Å². The largest absolute Gasteiger partial charge is 0.494 e. The Morgan fingerprint density at radius 2 is 2.03 bits per heavy atom. The molecule has 2 aromatic heterocycles. The lowest BCUT2D eigenvalue weighted by molar-refractivity contribution is 0.0958. The van der Waals surface area contributed by atoms with Gasteiger partial charge in [-0.2, -0.15) is 5.10 Å². The standard InChI is InChI=1S/C20H25N9O3/c1-11(2)23-20(31)25-15-9-14(16(27-26-15)19(30)21-3)24-13-8-6-7-12(17(13)32-5)18-22-10-29(4)28-18/h6-11H,1-5H3,(H,21,30)(H3,23,24,25,26,31)/i3D3. The zero-order chi connectivity index (χ0) is 25.8. The molecule has 0 saturated carbocycles. The predicted octanol–water partition coefficient (Wildman–Crippen LogP) is 1.91. The molecule has 3 rings (SSSR count). The number of hydrogen-bond donors (Lipinski definition) is 4. The smallest absolute Gasteiger partial charge is 0.320 e. The monoisotopic (exact) mass is 442 g/mol. The number of urea groups is 1. The minimum atomic E-state index is -2.74. The van der Waals surface area contributed by atoms with Crippen LogP contribution in [0, 0.1) is 0 Å². The average molecular weight is 442 g/mol. The van der Waals surface area contributed by atoms with Gasteiger partial charge in [-0.15, -0.1) is 10.2 Å². The summed E-state index contributed by atoms with van der Waals surface area (Å²) in [6, 6.07) is 5.86. The van der Waals surface area contributed by atoms with Crippen LogP contribution in [0.4, 0.5) is 22.0 Å². The summed E-state index contributed by atoms with van der Waals surface area (Å²) in [4.78, 5) is 29.0. The van der Waals surface area contributed by atoms with Gasteiger partial charge >= 0.3 is 6.03 Å². The lowest BCUT2D eigenvalue weighted by atomic mass is 10.1. The van der Waals surface area contributed by atoms with E-state index in [0.29, 0.717) is 22.8 Å². The van der Waals surface area contributed by atoms with Gasteiger partial charge < -0.3 is 20.7 Å². The second-order valence-corrected chi connectivity index (χ2v) is 6.95. The molecule has 4 N–H and O–H groups in total. The number of anilines is 3. The van der Waals surface area contributed by atoms with Crippen LogP contribution in [-0.2, 0) is 7.05 Å². The van der Waals surface area contributed by atoms with Gasteiger partial charge in [0, 0.05) is 30.2 Å². The molecule has 0 saturated heterocycles. The molecule has 0 aliphatic carbocycles. The van der Waals surface area contributed by atoms with Crippen LogP contribution in [0.1, 0.15) is 28.4 Å². The van der Waals surface area contributed by atoms with Gasteiger partial charge in [0.25, 0.3) is 5.91 Å². The highest BCUT2D eigenvalue weighted by Crippen LogP contribution is 2.37. The van der Waals surface area contributed by atoms with E-state index in [1.54, 1.807) is 50.1 Å². The van der Waals surface area contributed by atoms with Crippen molar-refractivity contribution in [2.75, 3.05) is 24.7 Å². The zero-order valence-corrected chi connectivity index (χ0v) is 17.9. The molecule has 0 aliphatic heterocycles. The molecule has 0 spiro atoms. The SMILES string of the molecule is [2H]C([2H])([2H])NC(=O)c1nnc(NC(=O)NC(C)C)cc1Nc1cccc(-c2ncn(C)n2)c1OC. The fourth-order valence-electron chi connectivity index (χ4n) is 2.83. The lowest BCUT2D eigenvalue weighted by Gasteiger charge is -2.16. The number of benzene rings is 1. The van der Waals surface area contributed by atoms with Gasteiger partial charge in [0.1, 0.15) is 6.33 Å². The van der Waals surface area contributed by atoms with E-state index in [1.807, 2.05) is 5.32 Å². The number of amides is 3. The Balaban J connectivity index is 2.03. The summed E-state index contributed by atoms with van der Waals surface area (Å²) in [5.41, 5.74) is 0.750. The van der Waals surface area contributed by atoms with E-state index in [2.05, 4.69) is 36.2 Å². The van der Waals surface area contributed by atoms with Crippen LogP contribution in [0.2, 0.25) is 0 Å². The fraction of sp³-hybridized carbons (Fsp3) is 0.300. The number of nitrogens with zero attached hydrogens (tertiary/aromatic N) is 5. The maximum atomic E-state index is 12.6. The molecule has 32 heavy (non-hydrogen) atoms. The quantitative estimate of drug-likeness (QED) is 0.434. The van der Waals surface area contributed by atoms with Crippen LogP contribution in [0.3, 0.4) is 0 Å². The number of ether oxygens (including phenoxy) is 1. The van der Waals surface area contributed by atoms with Crippen molar-refractivity contribution in [3.05, 3.63) is 36.3 Å². The van der Waals surface area contributed by atoms with Crippen LogP contribution < -0.4 is 26.0 Å². The third-order valence-corrected chi connectivity index (χ3v) is 4.11. The molecule has 12 heteroatoms. The predicted molar refractivity (Wildman–Crippen MR) is 119 cm³/mol. The Kier molecular flexibility index (Phi) is 5.63. The van der Waals surface area contributed by atoms with E-state index >= 15 is 0 Å². The Morgan fingerprint density at radius 1 is 1.22 bits per heavy atom. The van der Waals surface area contributed by atoms with Crippen LogP contribution in [-0.4, -0.2) is 57.0 Å². The minimum Gasteiger partial charge on any atom is -0.494 e. The van der Waals surface area contributed by atoms with Crippen LogP contribution in [0.25, 0.3) is 11.4 Å². The first-order chi connectivity index (χ1) is 16.5. The third-order valence-electron chi connectivity index (χ3n) is 4.11. The van der Waals surface area contributed by atoms with Crippen LogP contribution in [0.15, 0.2) is 30.6 Å². The van der Waals surface area contributed by atoms with Crippen molar-refractivity contribution in [2.45, 2.75) is 19.9 Å². The molecule has 0 atom stereocenters. The zero-order valence-electron chi connectivity index (χ0n) is 20.9. The fourth-order valence-corrected chi connectivity index (χ4v) is 2.83. The van der Waals surface area contributed by atoms with Gasteiger partial charge in [0.05, 0.1) is 24.0 Å². The number of carbonyl (C=O) groups is 2. The number of aryl methyl sites for hydroxylation is 1. The Labute approximate surface area is 189 Å². The highest BCUT2D eigenvalue weighted by atomic mass is 16.5. The van der Waals surface area contributed by atoms with Gasteiger partial charge in [-0.05, 0) is 26.0 Å². The van der Waals surface area contributed by atoms with Gasteiger partial charge in [-0.25, -0.2) is 9.78 Å². The van der Waals surface area contributed by atoms with E-state index in [9.17, 15) is 9.59 Å². The molecule has 2 heterocycles. The van der Waals surface area contributed by atoms with Gasteiger partial charge in [-0.1, -0.05) is 6.07 Å². The number of aromatic nitrogens is 5. The Bertz CT molecular complexity index is 1230. The average Bonchev–Trinajstić information content (AvgIpc) is 3.18. The number of hydrogen-bond acceptors (Lipinski definition) is 8. The van der Waals surface area contributed by atoms with E-state index < -0.39 is 18.9 Å². The van der Waals surface area contributed by atoms with E-state index in [0.717, 1.165) is 0 Å². The van der Waals surface area contributed by atoms with E-state index in [4.69, 9.17) is 8.85 Å². The first-order valence-electron chi connectivity index (χ1n) is 11.0. The molecule has 0 unspecified atom stereocenters. The summed E-state index contributed by atoms with van der Waals surface area (Å²) in [7, 11) is 3.19. The number of rotatable bonds is 7. The third kappa shape index (κ3) is 5.09. The summed E-state index contributed by atoms with van der Waals surface area (Å²) < 4.78 is 29.1. The number of carbonyl (C=O) groups excluding carboxylic acids is 2. The highest BCUT2D eigenvalue weighted by molar-refractivity contribution is 5.99. The molecular weight excluding hydrogens is 414 g/mol. The molecule has 12 nitrogen and oxygen atoms in total. The van der Waals surface area contributed by atoms with Gasteiger partial charge in [0.2, 0.25) is 0 Å². The Morgan fingerprint density at radius 3 is 2.69 bits per heavy atom. The molecule has 0 fully saturated rings. The van der Waals surface area contributed by atoms with Crippen molar-refractivity contribution in [1.29, 1.82) is 0 Å². The summed E-state index contributed by atoms with van der Waals surface area (Å²) in [5.74, 6) is -0.184. The van der Waals surface area contributed by atoms with Gasteiger partial charge in [0.15, 0.2) is 23.1 Å². The van der Waals surface area contributed by atoms with Crippen LogP contribution >= 0.6 is 0 Å². The summed E-state index contributed by atoms with van der Waals surface area (Å²) in [5, 5.41) is 22.0. The summed E-state index contributed by atoms with van der Waals surface area (Å²) in [6.07, 6.45) is 1.54. The number of para-hydroxylation sites is 1. The first kappa shape index (κ1) is 18.5. The summed E-state index contributed by atoms with van der Waals surface area (Å²) >= 11 is 0. The number of methoxy groups -OCH3 is 1. The molecule has 0 aliphatic rings. The molecule has 0 bridgehead atoms. The van der Waals surface area contributed by atoms with Crippen LogP contribution in [0.5, 0.6) is 5.75 Å². The van der Waals surface area contributed by atoms with Crippen molar-refractivity contribution >= 4 is 29.1 Å². The second kappa shape index (κ2) is 9.73. The molecular formula is C20H25N9O3.